The summed E-state index contributed by atoms with van der Waals surface area (Å²) < 4.78 is 29.8. The molecule has 7 fully saturated rings. The highest BCUT2D eigenvalue weighted by atomic mass is 16.7. The summed E-state index contributed by atoms with van der Waals surface area (Å²) in [6.07, 6.45) is 7.98. The lowest BCUT2D eigenvalue weighted by Crippen LogP contribution is -2.62. The molecule has 0 aromatic heterocycles. The molecule has 4 saturated carbocycles. The maximum atomic E-state index is 10.8. The largest absolute Gasteiger partial charge is 0.394 e. The summed E-state index contributed by atoms with van der Waals surface area (Å²) in [6.45, 7) is 13.1. The quantitative estimate of drug-likeness (QED) is 0.101. The zero-order valence-corrected chi connectivity index (χ0v) is 37.8. The van der Waals surface area contributed by atoms with Crippen molar-refractivity contribution in [1.82, 2.24) is 0 Å². The van der Waals surface area contributed by atoms with Crippen LogP contribution in [0.1, 0.15) is 138 Å². The molecule has 0 amide bonds. The van der Waals surface area contributed by atoms with Crippen molar-refractivity contribution in [2.24, 2.45) is 45.8 Å². The zero-order valence-electron chi connectivity index (χ0n) is 37.8. The fourth-order valence-electron chi connectivity index (χ4n) is 13.7. The van der Waals surface area contributed by atoms with Gasteiger partial charge in [0.1, 0.15) is 0 Å². The SMILES string of the molecule is CC(C)(O)C(O)C/C=C(\CO)C1CCC2C1CCC1C2(C)CCC2C(C)(C)C(OC3CC(O)CC(COC4CC(O)CC(CO)O4)O3)CCC21C.OCC1CC(O)CC(O)O1. The third-order valence-electron chi connectivity index (χ3n) is 16.8. The van der Waals surface area contributed by atoms with Crippen molar-refractivity contribution in [3.63, 3.8) is 0 Å². The van der Waals surface area contributed by atoms with E-state index in [0.717, 1.165) is 31.3 Å². The van der Waals surface area contributed by atoms with Gasteiger partial charge in [0.25, 0.3) is 0 Å². The number of fused-ring (bicyclic) bond motifs is 5. The molecule has 9 N–H and O–H groups in total. The first kappa shape index (κ1) is 49.6. The van der Waals surface area contributed by atoms with E-state index in [1.165, 1.54) is 25.7 Å². The van der Waals surface area contributed by atoms with Crippen molar-refractivity contribution in [3.05, 3.63) is 11.6 Å². The molecular formula is C47H82O14. The predicted octanol–water partition coefficient (Wildman–Crippen LogP) is 3.69. The molecule has 354 valence electrons. The highest BCUT2D eigenvalue weighted by molar-refractivity contribution is 5.19. The van der Waals surface area contributed by atoms with Crippen LogP contribution in [-0.2, 0) is 23.7 Å². The van der Waals surface area contributed by atoms with Gasteiger partial charge in [-0.25, -0.2) is 0 Å². The van der Waals surface area contributed by atoms with E-state index in [9.17, 15) is 30.6 Å². The molecule has 7 aliphatic rings. The molecule has 0 aromatic rings. The van der Waals surface area contributed by atoms with E-state index in [4.69, 9.17) is 39.0 Å². The first-order valence-electron chi connectivity index (χ1n) is 23.6. The minimum absolute atomic E-state index is 0.0155. The van der Waals surface area contributed by atoms with Gasteiger partial charge in [0.15, 0.2) is 18.9 Å². The van der Waals surface area contributed by atoms with Gasteiger partial charge in [-0.3, -0.25) is 0 Å². The van der Waals surface area contributed by atoms with Crippen molar-refractivity contribution in [3.8, 4) is 0 Å². The van der Waals surface area contributed by atoms with Crippen LogP contribution in [-0.4, -0.2) is 146 Å². The van der Waals surface area contributed by atoms with Crippen LogP contribution >= 0.6 is 0 Å². The smallest absolute Gasteiger partial charge is 0.160 e. The van der Waals surface area contributed by atoms with E-state index in [2.05, 4.69) is 27.7 Å². The summed E-state index contributed by atoms with van der Waals surface area (Å²) in [5, 5.41) is 88.2. The van der Waals surface area contributed by atoms with Gasteiger partial charge in [-0.1, -0.05) is 33.8 Å². The van der Waals surface area contributed by atoms with Crippen LogP contribution in [0.25, 0.3) is 0 Å². The Balaban J connectivity index is 0.000000546. The first-order valence-corrected chi connectivity index (χ1v) is 23.6. The molecule has 7 rings (SSSR count). The maximum Gasteiger partial charge on any atom is 0.160 e. The summed E-state index contributed by atoms with van der Waals surface area (Å²) in [6, 6.07) is 0. The first-order chi connectivity index (χ1) is 28.7. The Hall–Kier alpha value is -0.820. The highest BCUT2D eigenvalue weighted by Gasteiger charge is 2.65. The van der Waals surface area contributed by atoms with Gasteiger partial charge in [0, 0.05) is 38.5 Å². The van der Waals surface area contributed by atoms with Crippen molar-refractivity contribution < 1.29 is 69.6 Å². The van der Waals surface area contributed by atoms with Crippen molar-refractivity contribution in [2.75, 3.05) is 26.4 Å². The van der Waals surface area contributed by atoms with Gasteiger partial charge in [-0.15, -0.1) is 0 Å². The molecule has 3 saturated heterocycles. The number of hydrogen-bond donors (Lipinski definition) is 9. The van der Waals surface area contributed by atoms with Crippen molar-refractivity contribution in [2.45, 2.75) is 211 Å². The van der Waals surface area contributed by atoms with E-state index in [-0.39, 0.29) is 61.3 Å². The third-order valence-corrected chi connectivity index (χ3v) is 16.8. The lowest BCUT2D eigenvalue weighted by Gasteiger charge is -2.67. The minimum Gasteiger partial charge on any atom is -0.394 e. The number of hydrogen-bond acceptors (Lipinski definition) is 14. The standard InChI is InChI=1S/C41H70O10.C6H12O4/c1-38(2)32-13-15-40(5)31-10-8-29(24(21-42)7-12-34(46)39(3,4)47)30(31)9-11-33(40)41(32,6)16-14-35(38)51-37-20-26(45)18-28(50-37)23-48-36-19-25(44)17-27(22-43)49-36;7-3-5-1-4(8)2-6(9)10-5/h7,25-37,42-47H,8-23H2,1-6H3;4-9H,1-3H2/b24-7+;. The predicted molar refractivity (Wildman–Crippen MR) is 225 cm³/mol. The molecule has 14 heteroatoms. The number of rotatable bonds is 12. The molecule has 0 aromatic carbocycles. The van der Waals surface area contributed by atoms with E-state index in [1.807, 2.05) is 6.08 Å². The number of aliphatic hydroxyl groups excluding tert-OH is 8. The van der Waals surface area contributed by atoms with E-state index >= 15 is 0 Å². The minimum atomic E-state index is -1.17. The Morgan fingerprint density at radius 1 is 0.705 bits per heavy atom. The molecule has 0 bridgehead atoms. The summed E-state index contributed by atoms with van der Waals surface area (Å²) in [5.41, 5.74) is 0.259. The molecule has 61 heavy (non-hydrogen) atoms. The zero-order chi connectivity index (χ0) is 44.5. The summed E-state index contributed by atoms with van der Waals surface area (Å²) in [4.78, 5) is 0. The molecule has 18 atom stereocenters. The van der Waals surface area contributed by atoms with Crippen LogP contribution in [0.15, 0.2) is 11.6 Å². The van der Waals surface area contributed by atoms with Gasteiger partial charge in [0.2, 0.25) is 0 Å². The Morgan fingerprint density at radius 3 is 1.95 bits per heavy atom. The van der Waals surface area contributed by atoms with Crippen LogP contribution in [0.3, 0.4) is 0 Å². The lowest BCUT2D eigenvalue weighted by molar-refractivity contribution is -0.290. The highest BCUT2D eigenvalue weighted by Crippen LogP contribution is 2.72. The number of aliphatic hydroxyl groups is 9. The Morgan fingerprint density at radius 2 is 1.31 bits per heavy atom. The van der Waals surface area contributed by atoms with Crippen molar-refractivity contribution >= 4 is 0 Å². The second kappa shape index (κ2) is 20.4. The summed E-state index contributed by atoms with van der Waals surface area (Å²) in [5.74, 6) is 2.65. The van der Waals surface area contributed by atoms with Crippen LogP contribution < -0.4 is 0 Å². The van der Waals surface area contributed by atoms with Gasteiger partial charge >= 0.3 is 0 Å². The summed E-state index contributed by atoms with van der Waals surface area (Å²) >= 11 is 0. The van der Waals surface area contributed by atoms with Crippen LogP contribution in [0.2, 0.25) is 0 Å². The average molecular weight is 871 g/mol. The van der Waals surface area contributed by atoms with Crippen LogP contribution in [0.4, 0.5) is 0 Å². The fraction of sp³-hybridized carbons (Fsp3) is 0.957. The molecule has 3 aliphatic heterocycles. The Labute approximate surface area is 364 Å². The summed E-state index contributed by atoms with van der Waals surface area (Å²) in [7, 11) is 0. The van der Waals surface area contributed by atoms with Crippen molar-refractivity contribution in [1.29, 1.82) is 0 Å². The molecule has 3 heterocycles. The third kappa shape index (κ3) is 11.2. The molecule has 4 aliphatic carbocycles. The fourth-order valence-corrected chi connectivity index (χ4v) is 13.7. The second-order valence-corrected chi connectivity index (χ2v) is 21.7. The van der Waals surface area contributed by atoms with E-state index < -0.39 is 61.1 Å². The molecule has 18 unspecified atom stereocenters. The van der Waals surface area contributed by atoms with Gasteiger partial charge in [0.05, 0.1) is 80.9 Å². The maximum absolute atomic E-state index is 10.8. The monoisotopic (exact) mass is 871 g/mol. The Kier molecular flexibility index (Phi) is 16.6. The van der Waals surface area contributed by atoms with Gasteiger partial charge < -0.3 is 69.6 Å². The van der Waals surface area contributed by atoms with Gasteiger partial charge in [-0.2, -0.15) is 0 Å². The number of ether oxygens (including phenoxy) is 5. The molecule has 0 spiro atoms. The Bertz CT molecular complexity index is 1410. The van der Waals surface area contributed by atoms with Crippen LogP contribution in [0, 0.1) is 45.8 Å². The van der Waals surface area contributed by atoms with E-state index in [0.29, 0.717) is 68.1 Å². The second-order valence-electron chi connectivity index (χ2n) is 21.7. The van der Waals surface area contributed by atoms with E-state index in [1.54, 1.807) is 13.8 Å². The lowest BCUT2D eigenvalue weighted by atomic mass is 9.38. The topological polar surface area (TPSA) is 228 Å². The molecule has 0 radical (unpaired) electrons. The van der Waals surface area contributed by atoms with Crippen LogP contribution in [0.5, 0.6) is 0 Å². The van der Waals surface area contributed by atoms with Gasteiger partial charge in [-0.05, 0) is 123 Å². The molecular weight excluding hydrogens is 789 g/mol. The average Bonchev–Trinajstić information content (AvgIpc) is 3.63. The molecule has 14 nitrogen and oxygen atoms in total. The normalized spacial score (nSPS) is 45.8.